The average molecular weight is 290 g/mol. The lowest BCUT2D eigenvalue weighted by Crippen LogP contribution is -2.45. The van der Waals surface area contributed by atoms with E-state index >= 15 is 0 Å². The Kier molecular flexibility index (Phi) is 4.46. The normalized spacial score (nSPS) is 28.7. The van der Waals surface area contributed by atoms with E-state index in [9.17, 15) is 4.79 Å². The molecule has 0 unspecified atom stereocenters. The molecule has 2 aliphatic rings. The van der Waals surface area contributed by atoms with E-state index in [0.29, 0.717) is 12.0 Å². The minimum Gasteiger partial charge on any atom is -0.338 e. The summed E-state index contributed by atoms with van der Waals surface area (Å²) in [5.41, 5.74) is 0. The van der Waals surface area contributed by atoms with Crippen LogP contribution in [-0.2, 0) is 13.0 Å². The van der Waals surface area contributed by atoms with Crippen molar-refractivity contribution in [2.45, 2.75) is 58.0 Å². The molecule has 1 aliphatic carbocycles. The lowest BCUT2D eigenvalue weighted by Gasteiger charge is -2.28. The minimum absolute atomic E-state index is 0.00512. The Morgan fingerprint density at radius 2 is 2.33 bits per heavy atom. The zero-order valence-corrected chi connectivity index (χ0v) is 12.8. The van der Waals surface area contributed by atoms with E-state index in [1.54, 1.807) is 0 Å². The van der Waals surface area contributed by atoms with Crippen molar-refractivity contribution in [3.8, 4) is 0 Å². The molecule has 0 saturated heterocycles. The van der Waals surface area contributed by atoms with Crippen LogP contribution in [0.4, 0.5) is 4.79 Å². The molecule has 0 spiro atoms. The van der Waals surface area contributed by atoms with Crippen molar-refractivity contribution in [2.24, 2.45) is 11.8 Å². The highest BCUT2D eigenvalue weighted by molar-refractivity contribution is 5.74. The first kappa shape index (κ1) is 14.4. The van der Waals surface area contributed by atoms with Crippen LogP contribution < -0.4 is 10.6 Å². The van der Waals surface area contributed by atoms with Gasteiger partial charge in [-0.05, 0) is 31.1 Å². The van der Waals surface area contributed by atoms with Crippen LogP contribution in [0.25, 0.3) is 0 Å². The summed E-state index contributed by atoms with van der Waals surface area (Å²) < 4.78 is 2.20. The Balaban J connectivity index is 1.40. The summed E-state index contributed by atoms with van der Waals surface area (Å²) in [4.78, 5) is 16.3. The number of carbonyl (C=O) groups excluding carboxylic acids is 1. The van der Waals surface area contributed by atoms with Gasteiger partial charge in [-0.2, -0.15) is 0 Å². The molecule has 1 aromatic rings. The first-order chi connectivity index (χ1) is 10.2. The fourth-order valence-electron chi connectivity index (χ4n) is 3.64. The molecule has 2 N–H and O–H groups in total. The number of urea groups is 1. The number of amides is 2. The third kappa shape index (κ3) is 3.77. The van der Waals surface area contributed by atoms with E-state index in [-0.39, 0.29) is 6.03 Å². The highest BCUT2D eigenvalue weighted by atomic mass is 16.2. The van der Waals surface area contributed by atoms with Gasteiger partial charge in [-0.15, -0.1) is 0 Å². The molecular formula is C16H26N4O. The van der Waals surface area contributed by atoms with E-state index < -0.39 is 0 Å². The summed E-state index contributed by atoms with van der Waals surface area (Å²) >= 11 is 0. The van der Waals surface area contributed by atoms with Crippen molar-refractivity contribution in [2.75, 3.05) is 6.54 Å². The molecule has 3 rings (SSSR count). The molecule has 0 aromatic carbocycles. The molecule has 1 saturated carbocycles. The maximum Gasteiger partial charge on any atom is 0.315 e. The van der Waals surface area contributed by atoms with Gasteiger partial charge in [0.05, 0.1) is 0 Å². The first-order valence-electron chi connectivity index (χ1n) is 8.25. The molecule has 1 fully saturated rings. The summed E-state index contributed by atoms with van der Waals surface area (Å²) in [6.45, 7) is 4.00. The van der Waals surface area contributed by atoms with Crippen molar-refractivity contribution < 1.29 is 4.79 Å². The maximum atomic E-state index is 12.0. The Morgan fingerprint density at radius 3 is 3.19 bits per heavy atom. The van der Waals surface area contributed by atoms with Gasteiger partial charge in [0.1, 0.15) is 5.82 Å². The molecule has 0 radical (unpaired) electrons. The number of rotatable bonds is 3. The maximum absolute atomic E-state index is 12.0. The number of aryl methyl sites for hydroxylation is 1. The second kappa shape index (κ2) is 6.50. The lowest BCUT2D eigenvalue weighted by atomic mass is 9.87. The predicted molar refractivity (Wildman–Crippen MR) is 82.0 cm³/mol. The summed E-state index contributed by atoms with van der Waals surface area (Å²) in [6, 6.07) is 0.367. The number of carbonyl (C=O) groups is 1. The van der Waals surface area contributed by atoms with E-state index in [1.807, 2.05) is 12.4 Å². The van der Waals surface area contributed by atoms with Crippen LogP contribution in [0.2, 0.25) is 0 Å². The Labute approximate surface area is 126 Å². The highest BCUT2D eigenvalue weighted by Gasteiger charge is 2.22. The van der Waals surface area contributed by atoms with Gasteiger partial charge in [-0.25, -0.2) is 9.78 Å². The second-order valence-corrected chi connectivity index (χ2v) is 6.72. The molecule has 2 amide bonds. The zero-order valence-electron chi connectivity index (χ0n) is 12.8. The number of nitrogens with zero attached hydrogens (tertiary/aromatic N) is 2. The van der Waals surface area contributed by atoms with Gasteiger partial charge < -0.3 is 15.2 Å². The van der Waals surface area contributed by atoms with Crippen LogP contribution in [0.1, 0.15) is 44.9 Å². The van der Waals surface area contributed by atoms with Crippen LogP contribution in [0.15, 0.2) is 12.4 Å². The van der Waals surface area contributed by atoms with Crippen LogP contribution >= 0.6 is 0 Å². The van der Waals surface area contributed by atoms with Crippen molar-refractivity contribution in [3.63, 3.8) is 0 Å². The summed E-state index contributed by atoms with van der Waals surface area (Å²) in [5.74, 6) is 2.43. The van der Waals surface area contributed by atoms with E-state index in [0.717, 1.165) is 44.7 Å². The molecule has 5 heteroatoms. The number of hydrogen-bond donors (Lipinski definition) is 2. The van der Waals surface area contributed by atoms with Crippen molar-refractivity contribution in [1.29, 1.82) is 0 Å². The summed E-state index contributed by atoms with van der Waals surface area (Å²) in [5, 5.41) is 6.19. The number of imidazole rings is 1. The second-order valence-electron chi connectivity index (χ2n) is 6.72. The lowest BCUT2D eigenvalue weighted by molar-refractivity contribution is 0.223. The van der Waals surface area contributed by atoms with E-state index in [4.69, 9.17) is 0 Å². The van der Waals surface area contributed by atoms with Crippen LogP contribution in [0.3, 0.4) is 0 Å². The van der Waals surface area contributed by atoms with E-state index in [2.05, 4.69) is 27.1 Å². The summed E-state index contributed by atoms with van der Waals surface area (Å²) in [7, 11) is 0. The molecule has 3 atom stereocenters. The topological polar surface area (TPSA) is 59.0 Å². The summed E-state index contributed by atoms with van der Waals surface area (Å²) in [6.07, 6.45) is 10.8. The van der Waals surface area contributed by atoms with E-state index in [1.165, 1.54) is 18.7 Å². The largest absolute Gasteiger partial charge is 0.338 e. The van der Waals surface area contributed by atoms with Crippen molar-refractivity contribution in [1.82, 2.24) is 20.2 Å². The number of hydrogen-bond acceptors (Lipinski definition) is 2. The zero-order chi connectivity index (χ0) is 14.7. The van der Waals surface area contributed by atoms with Gasteiger partial charge in [0.25, 0.3) is 0 Å². The van der Waals surface area contributed by atoms with Gasteiger partial charge in [0, 0.05) is 37.9 Å². The average Bonchev–Trinajstić information content (AvgIpc) is 2.92. The van der Waals surface area contributed by atoms with Crippen LogP contribution in [-0.4, -0.2) is 28.2 Å². The minimum atomic E-state index is 0.00512. The third-order valence-corrected chi connectivity index (χ3v) is 4.86. The third-order valence-electron chi connectivity index (χ3n) is 4.86. The fourth-order valence-corrected chi connectivity index (χ4v) is 3.64. The van der Waals surface area contributed by atoms with Crippen molar-refractivity contribution in [3.05, 3.63) is 18.2 Å². The molecule has 1 aromatic heterocycles. The Morgan fingerprint density at radius 1 is 1.43 bits per heavy atom. The molecule has 1 aliphatic heterocycles. The van der Waals surface area contributed by atoms with Gasteiger partial charge in [-0.3, -0.25) is 0 Å². The Bertz CT molecular complexity index is 484. The first-order valence-corrected chi connectivity index (χ1v) is 8.25. The molecular weight excluding hydrogens is 264 g/mol. The Hall–Kier alpha value is -1.52. The SMILES string of the molecule is C[C@@H]1CCC[C@@H](NC(=O)NC[C@H]2CCc3nccn3C2)C1. The van der Waals surface area contributed by atoms with Gasteiger partial charge in [-0.1, -0.05) is 19.8 Å². The van der Waals surface area contributed by atoms with Gasteiger partial charge in [0.2, 0.25) is 0 Å². The van der Waals surface area contributed by atoms with Crippen molar-refractivity contribution >= 4 is 6.03 Å². The van der Waals surface area contributed by atoms with Gasteiger partial charge in [0.15, 0.2) is 0 Å². The predicted octanol–water partition coefficient (Wildman–Crippen LogP) is 2.32. The standard InChI is InChI=1S/C16H26N4O/c1-12-3-2-4-14(9-12)19-16(21)18-10-13-5-6-15-17-7-8-20(15)11-13/h7-8,12-14H,2-6,9-11H2,1H3,(H2,18,19,21)/t12-,13-,14-/m1/s1. The molecule has 116 valence electrons. The number of fused-ring (bicyclic) bond motifs is 1. The molecule has 5 nitrogen and oxygen atoms in total. The quantitative estimate of drug-likeness (QED) is 0.897. The molecule has 21 heavy (non-hydrogen) atoms. The number of aromatic nitrogens is 2. The fraction of sp³-hybridized carbons (Fsp3) is 0.750. The van der Waals surface area contributed by atoms with Gasteiger partial charge >= 0.3 is 6.03 Å². The molecule has 2 heterocycles. The van der Waals surface area contributed by atoms with Crippen LogP contribution in [0.5, 0.6) is 0 Å². The number of nitrogens with one attached hydrogen (secondary N) is 2. The van der Waals surface area contributed by atoms with Crippen LogP contribution in [0, 0.1) is 11.8 Å². The smallest absolute Gasteiger partial charge is 0.315 e. The monoisotopic (exact) mass is 290 g/mol. The molecule has 0 bridgehead atoms. The highest BCUT2D eigenvalue weighted by Crippen LogP contribution is 2.23.